The summed E-state index contributed by atoms with van der Waals surface area (Å²) in [6.07, 6.45) is 1.77. The van der Waals surface area contributed by atoms with E-state index < -0.39 is 0 Å². The van der Waals surface area contributed by atoms with E-state index in [1.54, 1.807) is 7.11 Å². The number of fused-ring (bicyclic) bond motifs is 1. The average Bonchev–Trinajstić information content (AvgIpc) is 2.85. The molecular weight excluding hydrogens is 260 g/mol. The van der Waals surface area contributed by atoms with Crippen LogP contribution in [0.2, 0.25) is 0 Å². The lowest BCUT2D eigenvalue weighted by atomic mass is 10.0. The molecule has 0 amide bonds. The summed E-state index contributed by atoms with van der Waals surface area (Å²) in [4.78, 5) is 3.54. The van der Waals surface area contributed by atoms with Crippen molar-refractivity contribution in [2.45, 2.75) is 12.8 Å². The zero-order chi connectivity index (χ0) is 14.7. The monoisotopic (exact) mass is 280 g/mol. The van der Waals surface area contributed by atoms with Crippen LogP contribution in [0.1, 0.15) is 16.8 Å². The molecule has 0 spiro atoms. The van der Waals surface area contributed by atoms with Crippen molar-refractivity contribution >= 4 is 10.9 Å². The number of rotatable bonds is 5. The van der Waals surface area contributed by atoms with Crippen LogP contribution in [0.5, 0.6) is 5.75 Å². The highest BCUT2D eigenvalue weighted by molar-refractivity contribution is 5.86. The number of hydrogen-bond acceptors (Lipinski definition) is 2. The largest absolute Gasteiger partial charge is 0.497 e. The fraction of sp³-hybridized carbons (Fsp3) is 0.222. The van der Waals surface area contributed by atoms with E-state index in [1.165, 1.54) is 22.2 Å². The number of nitrogens with two attached hydrogens (primary N) is 1. The van der Waals surface area contributed by atoms with Crippen molar-refractivity contribution in [1.29, 1.82) is 0 Å². The van der Waals surface area contributed by atoms with Crippen LogP contribution in [0, 0.1) is 0 Å². The lowest BCUT2D eigenvalue weighted by Gasteiger charge is -2.04. The standard InChI is InChI=1S/C18H20N2O/c1-21-14-7-8-17-16(12-14)15(9-10-19)18(20-17)11-13-5-3-2-4-6-13/h2-8,12,20H,9-11,19H2,1H3. The maximum absolute atomic E-state index is 5.80. The van der Waals surface area contributed by atoms with Crippen LogP contribution in [0.25, 0.3) is 10.9 Å². The summed E-state index contributed by atoms with van der Waals surface area (Å²) >= 11 is 0. The number of ether oxygens (including phenoxy) is 1. The molecule has 1 heterocycles. The van der Waals surface area contributed by atoms with Gasteiger partial charge in [0.2, 0.25) is 0 Å². The maximum atomic E-state index is 5.80. The van der Waals surface area contributed by atoms with Gasteiger partial charge in [-0.15, -0.1) is 0 Å². The summed E-state index contributed by atoms with van der Waals surface area (Å²) in [5.74, 6) is 0.881. The Kier molecular flexibility index (Phi) is 3.93. The average molecular weight is 280 g/mol. The number of benzene rings is 2. The smallest absolute Gasteiger partial charge is 0.119 e. The predicted molar refractivity (Wildman–Crippen MR) is 86.9 cm³/mol. The van der Waals surface area contributed by atoms with Gasteiger partial charge in [0.25, 0.3) is 0 Å². The Bertz CT molecular complexity index is 732. The summed E-state index contributed by atoms with van der Waals surface area (Å²) < 4.78 is 5.34. The molecule has 21 heavy (non-hydrogen) atoms. The Morgan fingerprint density at radius 2 is 1.90 bits per heavy atom. The van der Waals surface area contributed by atoms with E-state index in [2.05, 4.69) is 41.4 Å². The van der Waals surface area contributed by atoms with Gasteiger partial charge in [0.1, 0.15) is 5.75 Å². The van der Waals surface area contributed by atoms with E-state index in [0.717, 1.165) is 24.1 Å². The first-order chi connectivity index (χ1) is 10.3. The molecule has 0 fully saturated rings. The minimum Gasteiger partial charge on any atom is -0.497 e. The SMILES string of the molecule is COc1ccc2[nH]c(Cc3ccccc3)c(CCN)c2c1. The molecular formula is C18H20N2O. The first kappa shape index (κ1) is 13.7. The van der Waals surface area contributed by atoms with Crippen molar-refractivity contribution in [1.82, 2.24) is 4.98 Å². The number of aromatic amines is 1. The maximum Gasteiger partial charge on any atom is 0.119 e. The molecule has 0 unspecified atom stereocenters. The molecule has 3 nitrogen and oxygen atoms in total. The van der Waals surface area contributed by atoms with Crippen LogP contribution in [-0.4, -0.2) is 18.6 Å². The highest BCUT2D eigenvalue weighted by Crippen LogP contribution is 2.28. The van der Waals surface area contributed by atoms with E-state index in [-0.39, 0.29) is 0 Å². The van der Waals surface area contributed by atoms with Crippen molar-refractivity contribution in [3.63, 3.8) is 0 Å². The zero-order valence-corrected chi connectivity index (χ0v) is 12.2. The summed E-state index contributed by atoms with van der Waals surface area (Å²) in [5.41, 5.74) is 10.8. The van der Waals surface area contributed by atoms with Crippen LogP contribution < -0.4 is 10.5 Å². The normalized spacial score (nSPS) is 11.0. The van der Waals surface area contributed by atoms with Gasteiger partial charge in [0.15, 0.2) is 0 Å². The van der Waals surface area contributed by atoms with Crippen LogP contribution in [0.3, 0.4) is 0 Å². The van der Waals surface area contributed by atoms with Crippen LogP contribution in [0.15, 0.2) is 48.5 Å². The molecule has 3 rings (SSSR count). The van der Waals surface area contributed by atoms with E-state index in [9.17, 15) is 0 Å². The van der Waals surface area contributed by atoms with Crippen LogP contribution >= 0.6 is 0 Å². The first-order valence-corrected chi connectivity index (χ1v) is 7.23. The molecule has 3 heteroatoms. The molecule has 3 N–H and O–H groups in total. The summed E-state index contributed by atoms with van der Waals surface area (Å²) in [7, 11) is 1.70. The molecule has 0 bridgehead atoms. The van der Waals surface area contributed by atoms with Gasteiger partial charge in [-0.05, 0) is 42.3 Å². The molecule has 0 atom stereocenters. The minimum atomic E-state index is 0.645. The Balaban J connectivity index is 2.06. The second kappa shape index (κ2) is 6.02. The second-order valence-corrected chi connectivity index (χ2v) is 5.19. The van der Waals surface area contributed by atoms with Gasteiger partial charge in [-0.3, -0.25) is 0 Å². The van der Waals surface area contributed by atoms with Crippen molar-refractivity contribution in [2.75, 3.05) is 13.7 Å². The Morgan fingerprint density at radius 1 is 1.10 bits per heavy atom. The molecule has 3 aromatic rings. The highest BCUT2D eigenvalue weighted by atomic mass is 16.5. The molecule has 0 saturated heterocycles. The number of methoxy groups -OCH3 is 1. The molecule has 0 aliphatic heterocycles. The van der Waals surface area contributed by atoms with E-state index in [0.29, 0.717) is 6.54 Å². The summed E-state index contributed by atoms with van der Waals surface area (Å²) in [5, 5.41) is 1.21. The third kappa shape index (κ3) is 2.78. The Labute approximate surface area is 124 Å². The molecule has 0 aliphatic carbocycles. The molecule has 108 valence electrons. The third-order valence-corrected chi connectivity index (χ3v) is 3.82. The molecule has 2 aromatic carbocycles. The first-order valence-electron chi connectivity index (χ1n) is 7.23. The molecule has 0 aliphatic rings. The van der Waals surface area contributed by atoms with Crippen LogP contribution in [-0.2, 0) is 12.8 Å². The van der Waals surface area contributed by atoms with Crippen molar-refractivity contribution in [3.8, 4) is 5.75 Å². The lowest BCUT2D eigenvalue weighted by Crippen LogP contribution is -2.04. The number of nitrogens with one attached hydrogen (secondary N) is 1. The second-order valence-electron chi connectivity index (χ2n) is 5.19. The number of aromatic nitrogens is 1. The van der Waals surface area contributed by atoms with Gasteiger partial charge in [0.05, 0.1) is 7.11 Å². The number of hydrogen-bond donors (Lipinski definition) is 2. The minimum absolute atomic E-state index is 0.645. The third-order valence-electron chi connectivity index (χ3n) is 3.82. The van der Waals surface area contributed by atoms with Crippen molar-refractivity contribution in [3.05, 3.63) is 65.4 Å². The molecule has 1 aromatic heterocycles. The Morgan fingerprint density at radius 3 is 2.62 bits per heavy atom. The van der Waals surface area contributed by atoms with Gasteiger partial charge in [-0.2, -0.15) is 0 Å². The predicted octanol–water partition coefficient (Wildman–Crippen LogP) is 3.27. The fourth-order valence-corrected chi connectivity index (χ4v) is 2.79. The zero-order valence-electron chi connectivity index (χ0n) is 12.2. The fourth-order valence-electron chi connectivity index (χ4n) is 2.79. The topological polar surface area (TPSA) is 51.0 Å². The van der Waals surface area contributed by atoms with E-state index in [1.807, 2.05) is 12.1 Å². The van der Waals surface area contributed by atoms with Crippen LogP contribution in [0.4, 0.5) is 0 Å². The highest BCUT2D eigenvalue weighted by Gasteiger charge is 2.12. The van der Waals surface area contributed by atoms with E-state index >= 15 is 0 Å². The van der Waals surface area contributed by atoms with Gasteiger partial charge < -0.3 is 15.5 Å². The lowest BCUT2D eigenvalue weighted by molar-refractivity contribution is 0.415. The molecule has 0 radical (unpaired) electrons. The Hall–Kier alpha value is -2.26. The van der Waals surface area contributed by atoms with Crippen molar-refractivity contribution in [2.24, 2.45) is 5.73 Å². The van der Waals surface area contributed by atoms with E-state index in [4.69, 9.17) is 10.5 Å². The van der Waals surface area contributed by atoms with Gasteiger partial charge in [-0.25, -0.2) is 0 Å². The van der Waals surface area contributed by atoms with Gasteiger partial charge in [0, 0.05) is 23.0 Å². The summed E-state index contributed by atoms with van der Waals surface area (Å²) in [6.45, 7) is 0.645. The molecule has 0 saturated carbocycles. The quantitative estimate of drug-likeness (QED) is 0.753. The summed E-state index contributed by atoms with van der Waals surface area (Å²) in [6, 6.07) is 16.6. The van der Waals surface area contributed by atoms with Gasteiger partial charge in [-0.1, -0.05) is 30.3 Å². The number of H-pyrrole nitrogens is 1. The van der Waals surface area contributed by atoms with Crippen molar-refractivity contribution < 1.29 is 4.74 Å². The van der Waals surface area contributed by atoms with Gasteiger partial charge >= 0.3 is 0 Å².